The lowest BCUT2D eigenvalue weighted by molar-refractivity contribution is -0.385. The summed E-state index contributed by atoms with van der Waals surface area (Å²) in [7, 11) is 0. The fourth-order valence-electron chi connectivity index (χ4n) is 2.17. The first-order valence-electron chi connectivity index (χ1n) is 6.42. The van der Waals surface area contributed by atoms with E-state index in [0.717, 1.165) is 18.6 Å². The highest BCUT2D eigenvalue weighted by Crippen LogP contribution is 2.39. The Morgan fingerprint density at radius 2 is 1.90 bits per heavy atom. The number of hydrogen-bond acceptors (Lipinski definition) is 5. The summed E-state index contributed by atoms with van der Waals surface area (Å²) in [6.07, 6.45) is 1.80. The van der Waals surface area contributed by atoms with Crippen LogP contribution in [-0.2, 0) is 4.74 Å². The van der Waals surface area contributed by atoms with Crippen molar-refractivity contribution in [1.82, 2.24) is 0 Å². The fraction of sp³-hybridized carbons (Fsp3) is 0.538. The van der Waals surface area contributed by atoms with Gasteiger partial charge in [-0.05, 0) is 50.5 Å². The molecule has 0 atom stereocenters. The van der Waals surface area contributed by atoms with E-state index < -0.39 is 4.92 Å². The van der Waals surface area contributed by atoms with Gasteiger partial charge in [-0.15, -0.1) is 0 Å². The van der Waals surface area contributed by atoms with E-state index in [-0.39, 0.29) is 11.1 Å². The number of non-ortho nitro benzene ring substituents is 1. The van der Waals surface area contributed by atoms with Gasteiger partial charge in [0.1, 0.15) is 5.75 Å². The molecular formula is C13H15Br2NO4S. The van der Waals surface area contributed by atoms with Gasteiger partial charge in [0, 0.05) is 30.8 Å². The third-order valence-electron chi connectivity index (χ3n) is 3.61. The maximum Gasteiger partial charge on any atom is 0.271 e. The summed E-state index contributed by atoms with van der Waals surface area (Å²) < 4.78 is 12.4. The van der Waals surface area contributed by atoms with Crippen LogP contribution in [0.15, 0.2) is 21.1 Å². The molecule has 1 saturated heterocycles. The van der Waals surface area contributed by atoms with Crippen molar-refractivity contribution >= 4 is 50.2 Å². The molecule has 1 aliphatic heterocycles. The highest BCUT2D eigenvalue weighted by molar-refractivity contribution is 9.11. The molecule has 2 rings (SSSR count). The van der Waals surface area contributed by atoms with Crippen molar-refractivity contribution in [3.8, 4) is 5.75 Å². The lowest BCUT2D eigenvalue weighted by Crippen LogP contribution is -2.37. The van der Waals surface area contributed by atoms with Gasteiger partial charge in [0.15, 0.2) is 0 Å². The highest BCUT2D eigenvalue weighted by Gasteiger charge is 2.32. The average molecular weight is 441 g/mol. The summed E-state index contributed by atoms with van der Waals surface area (Å²) in [6.45, 7) is 1.94. The Balaban J connectivity index is 2.14. The number of nitro groups is 1. The van der Waals surface area contributed by atoms with Gasteiger partial charge in [-0.25, -0.2) is 0 Å². The molecule has 0 bridgehead atoms. The van der Waals surface area contributed by atoms with Gasteiger partial charge in [0.2, 0.25) is 0 Å². The van der Waals surface area contributed by atoms with Crippen molar-refractivity contribution in [2.24, 2.45) is 5.41 Å². The zero-order chi connectivity index (χ0) is 15.5. The number of nitro benzene ring substituents is 1. The molecule has 0 radical (unpaired) electrons. The van der Waals surface area contributed by atoms with Crippen molar-refractivity contribution in [1.29, 1.82) is 0 Å². The zero-order valence-corrected chi connectivity index (χ0v) is 15.2. The first-order chi connectivity index (χ1) is 9.97. The summed E-state index contributed by atoms with van der Waals surface area (Å²) in [6, 6.07) is 2.88. The molecule has 1 aromatic carbocycles. The molecule has 116 valence electrons. The Kier molecular flexibility index (Phi) is 5.93. The Morgan fingerprint density at radius 3 is 2.38 bits per heavy atom. The van der Waals surface area contributed by atoms with Crippen LogP contribution >= 0.6 is 44.5 Å². The van der Waals surface area contributed by atoms with Gasteiger partial charge in [0.05, 0.1) is 20.5 Å². The molecule has 1 aromatic rings. The maximum atomic E-state index is 10.8. The molecule has 0 aromatic heterocycles. The second-order valence-electron chi connectivity index (χ2n) is 5.05. The SMILES string of the molecule is O=[N+]([O-])c1cc(Br)c(OCC2(CS)CCOCC2)c(Br)c1. The topological polar surface area (TPSA) is 61.6 Å². The van der Waals surface area contributed by atoms with Crippen LogP contribution in [0.25, 0.3) is 0 Å². The van der Waals surface area contributed by atoms with E-state index in [4.69, 9.17) is 9.47 Å². The van der Waals surface area contributed by atoms with E-state index in [1.165, 1.54) is 12.1 Å². The first-order valence-corrected chi connectivity index (χ1v) is 8.64. The van der Waals surface area contributed by atoms with Gasteiger partial charge in [-0.3, -0.25) is 10.1 Å². The first kappa shape index (κ1) is 17.1. The van der Waals surface area contributed by atoms with E-state index in [9.17, 15) is 10.1 Å². The van der Waals surface area contributed by atoms with Crippen molar-refractivity contribution in [2.45, 2.75) is 12.8 Å². The molecule has 1 fully saturated rings. The summed E-state index contributed by atoms with van der Waals surface area (Å²) >= 11 is 11.1. The molecule has 0 saturated carbocycles. The predicted octanol–water partition coefficient (Wildman–Crippen LogP) is 4.23. The second kappa shape index (κ2) is 7.30. The molecule has 0 amide bonds. The molecular weight excluding hydrogens is 426 g/mol. The minimum absolute atomic E-state index is 0.0103. The Hall–Kier alpha value is -0.310. The molecule has 1 aliphatic rings. The average Bonchev–Trinajstić information content (AvgIpc) is 2.47. The highest BCUT2D eigenvalue weighted by atomic mass is 79.9. The van der Waals surface area contributed by atoms with Gasteiger partial charge in [0.25, 0.3) is 5.69 Å². The largest absolute Gasteiger partial charge is 0.491 e. The van der Waals surface area contributed by atoms with Gasteiger partial charge < -0.3 is 9.47 Å². The number of hydrogen-bond donors (Lipinski definition) is 1. The smallest absolute Gasteiger partial charge is 0.271 e. The molecule has 0 aliphatic carbocycles. The minimum Gasteiger partial charge on any atom is -0.491 e. The fourth-order valence-corrected chi connectivity index (χ4v) is 3.97. The molecule has 5 nitrogen and oxygen atoms in total. The summed E-state index contributed by atoms with van der Waals surface area (Å²) in [5, 5.41) is 10.8. The van der Waals surface area contributed by atoms with Crippen LogP contribution in [-0.4, -0.2) is 30.5 Å². The van der Waals surface area contributed by atoms with Gasteiger partial charge in [-0.1, -0.05) is 0 Å². The van der Waals surface area contributed by atoms with Crippen LogP contribution in [0.5, 0.6) is 5.75 Å². The number of nitrogens with zero attached hydrogens (tertiary/aromatic N) is 1. The number of benzene rings is 1. The lowest BCUT2D eigenvalue weighted by Gasteiger charge is -2.35. The van der Waals surface area contributed by atoms with E-state index in [1.807, 2.05) is 0 Å². The van der Waals surface area contributed by atoms with Crippen molar-refractivity contribution in [2.75, 3.05) is 25.6 Å². The van der Waals surface area contributed by atoms with Crippen molar-refractivity contribution in [3.05, 3.63) is 31.2 Å². The molecule has 0 N–H and O–H groups in total. The van der Waals surface area contributed by atoms with E-state index in [0.29, 0.717) is 34.5 Å². The third kappa shape index (κ3) is 4.12. The zero-order valence-electron chi connectivity index (χ0n) is 11.2. The summed E-state index contributed by atoms with van der Waals surface area (Å²) in [4.78, 5) is 10.4. The Bertz CT molecular complexity index is 512. The number of rotatable bonds is 5. The van der Waals surface area contributed by atoms with E-state index in [1.54, 1.807) is 0 Å². The summed E-state index contributed by atoms with van der Waals surface area (Å²) in [5.41, 5.74) is -0.00163. The van der Waals surface area contributed by atoms with E-state index in [2.05, 4.69) is 44.5 Å². The van der Waals surface area contributed by atoms with Crippen LogP contribution in [0.4, 0.5) is 5.69 Å². The number of thiol groups is 1. The predicted molar refractivity (Wildman–Crippen MR) is 90.3 cm³/mol. The van der Waals surface area contributed by atoms with Gasteiger partial charge in [-0.2, -0.15) is 12.6 Å². The van der Waals surface area contributed by atoms with Crippen LogP contribution in [0.3, 0.4) is 0 Å². The standard InChI is InChI=1S/C13H15Br2NO4S/c14-10-5-9(16(17)18)6-11(15)12(10)20-7-13(8-21)1-3-19-4-2-13/h5-6,21H,1-4,7-8H2. The third-order valence-corrected chi connectivity index (χ3v) is 5.45. The molecule has 1 heterocycles. The van der Waals surface area contributed by atoms with E-state index >= 15 is 0 Å². The van der Waals surface area contributed by atoms with Gasteiger partial charge >= 0.3 is 0 Å². The quantitative estimate of drug-likeness (QED) is 0.423. The number of ether oxygens (including phenoxy) is 2. The normalized spacial score (nSPS) is 17.5. The summed E-state index contributed by atoms with van der Waals surface area (Å²) in [5.74, 6) is 1.30. The monoisotopic (exact) mass is 439 g/mol. The second-order valence-corrected chi connectivity index (χ2v) is 7.08. The maximum absolute atomic E-state index is 10.8. The van der Waals surface area contributed by atoms with Crippen LogP contribution in [0, 0.1) is 15.5 Å². The van der Waals surface area contributed by atoms with Crippen molar-refractivity contribution in [3.63, 3.8) is 0 Å². The Labute approximate surface area is 145 Å². The molecule has 0 unspecified atom stereocenters. The molecule has 8 heteroatoms. The molecule has 21 heavy (non-hydrogen) atoms. The van der Waals surface area contributed by atoms with Crippen LogP contribution < -0.4 is 4.74 Å². The molecule has 0 spiro atoms. The van der Waals surface area contributed by atoms with Crippen LogP contribution in [0.2, 0.25) is 0 Å². The van der Waals surface area contributed by atoms with Crippen LogP contribution in [0.1, 0.15) is 12.8 Å². The van der Waals surface area contributed by atoms with Crippen molar-refractivity contribution < 1.29 is 14.4 Å². The Morgan fingerprint density at radius 1 is 1.33 bits per heavy atom. The number of halogens is 2. The minimum atomic E-state index is -0.438. The lowest BCUT2D eigenvalue weighted by atomic mass is 9.83.